The molecule has 0 radical (unpaired) electrons. The van der Waals surface area contributed by atoms with Gasteiger partial charge in [-0.15, -0.1) is 15.6 Å². The van der Waals surface area contributed by atoms with E-state index in [0.29, 0.717) is 6.54 Å². The summed E-state index contributed by atoms with van der Waals surface area (Å²) in [4.78, 5) is 16.9. The highest BCUT2D eigenvalue weighted by Crippen LogP contribution is 2.32. The quantitative estimate of drug-likeness (QED) is 0.419. The molecular formula is C22H22ClFN4O4S2. The maximum absolute atomic E-state index is 14.9. The molecule has 2 aromatic carbocycles. The number of nitrogens with zero attached hydrogens (tertiary/aromatic N) is 3. The minimum Gasteiger partial charge on any atom is -0.464 e. The SMILES string of the molecule is O=C(O)N(c1cscn1)S(=O)(=O)c1cc(Cl)c(NCc2ccccc2CCN2CCC2)cc1F. The summed E-state index contributed by atoms with van der Waals surface area (Å²) in [5.41, 5.74) is 3.67. The smallest absolute Gasteiger partial charge is 0.427 e. The second-order valence-electron chi connectivity index (χ2n) is 7.73. The van der Waals surface area contributed by atoms with Gasteiger partial charge < -0.3 is 15.3 Å². The summed E-state index contributed by atoms with van der Waals surface area (Å²) < 4.78 is 40.8. The van der Waals surface area contributed by atoms with E-state index in [2.05, 4.69) is 15.2 Å². The molecule has 2 N–H and O–H groups in total. The second-order valence-corrected chi connectivity index (χ2v) is 10.6. The zero-order chi connectivity index (χ0) is 24.3. The van der Waals surface area contributed by atoms with Crippen LogP contribution in [0.25, 0.3) is 0 Å². The Bertz CT molecular complexity index is 1280. The van der Waals surface area contributed by atoms with Crippen molar-refractivity contribution in [1.29, 1.82) is 0 Å². The lowest BCUT2D eigenvalue weighted by Gasteiger charge is -2.30. The minimum absolute atomic E-state index is 0.0275. The number of sulfonamides is 1. The lowest BCUT2D eigenvalue weighted by Crippen LogP contribution is -2.38. The van der Waals surface area contributed by atoms with Crippen LogP contribution in [0.1, 0.15) is 17.5 Å². The van der Waals surface area contributed by atoms with Crippen LogP contribution in [0, 0.1) is 5.82 Å². The summed E-state index contributed by atoms with van der Waals surface area (Å²) in [7, 11) is -4.79. The van der Waals surface area contributed by atoms with E-state index in [9.17, 15) is 22.7 Å². The van der Waals surface area contributed by atoms with Crippen LogP contribution in [0.5, 0.6) is 0 Å². The summed E-state index contributed by atoms with van der Waals surface area (Å²) in [6, 6.07) is 9.78. The average Bonchev–Trinajstić information content (AvgIpc) is 3.27. The summed E-state index contributed by atoms with van der Waals surface area (Å²) in [5.74, 6) is -1.47. The van der Waals surface area contributed by atoms with Gasteiger partial charge in [-0.25, -0.2) is 22.6 Å². The van der Waals surface area contributed by atoms with Gasteiger partial charge in [0.25, 0.3) is 10.0 Å². The fraction of sp³-hybridized carbons (Fsp3) is 0.273. The van der Waals surface area contributed by atoms with Gasteiger partial charge in [0.05, 0.1) is 16.2 Å². The maximum atomic E-state index is 14.9. The molecule has 1 aliphatic rings. The molecule has 1 saturated heterocycles. The highest BCUT2D eigenvalue weighted by Gasteiger charge is 2.35. The molecule has 0 saturated carbocycles. The fourth-order valence-electron chi connectivity index (χ4n) is 3.64. The maximum Gasteiger partial charge on any atom is 0.427 e. The highest BCUT2D eigenvalue weighted by molar-refractivity contribution is 7.93. The summed E-state index contributed by atoms with van der Waals surface area (Å²) in [6.45, 7) is 3.57. The third kappa shape index (κ3) is 5.17. The van der Waals surface area contributed by atoms with E-state index in [1.165, 1.54) is 17.3 Å². The molecule has 1 amide bonds. The van der Waals surface area contributed by atoms with Gasteiger partial charge in [0, 0.05) is 18.5 Å². The molecule has 12 heteroatoms. The number of hydrogen-bond acceptors (Lipinski definition) is 7. The number of thiazole rings is 1. The molecular weight excluding hydrogens is 503 g/mol. The van der Waals surface area contributed by atoms with Crippen molar-refractivity contribution in [2.45, 2.75) is 24.3 Å². The molecule has 3 aromatic rings. The Labute approximate surface area is 205 Å². The third-order valence-corrected chi connectivity index (χ3v) is 8.15. The third-order valence-electron chi connectivity index (χ3n) is 5.57. The topological polar surface area (TPSA) is 103 Å². The van der Waals surface area contributed by atoms with E-state index >= 15 is 0 Å². The highest BCUT2D eigenvalue weighted by atomic mass is 35.5. The van der Waals surface area contributed by atoms with Crippen molar-refractivity contribution in [3.05, 3.63) is 69.3 Å². The molecule has 0 unspecified atom stereocenters. The van der Waals surface area contributed by atoms with E-state index < -0.39 is 26.8 Å². The molecule has 180 valence electrons. The lowest BCUT2D eigenvalue weighted by molar-refractivity contribution is 0.184. The van der Waals surface area contributed by atoms with E-state index in [-0.39, 0.29) is 20.8 Å². The number of nitrogens with one attached hydrogen (secondary N) is 1. The van der Waals surface area contributed by atoms with E-state index in [4.69, 9.17) is 11.6 Å². The van der Waals surface area contributed by atoms with Gasteiger partial charge in [-0.3, -0.25) is 0 Å². The molecule has 0 aliphatic carbocycles. The van der Waals surface area contributed by atoms with Gasteiger partial charge in [-0.2, -0.15) is 0 Å². The fourth-order valence-corrected chi connectivity index (χ4v) is 5.84. The molecule has 1 aliphatic heterocycles. The summed E-state index contributed by atoms with van der Waals surface area (Å²) in [5, 5.41) is 13.7. The molecule has 0 atom stereocenters. The zero-order valence-electron chi connectivity index (χ0n) is 17.9. The number of amides is 1. The zero-order valence-corrected chi connectivity index (χ0v) is 20.3. The lowest BCUT2D eigenvalue weighted by atomic mass is 10.0. The molecule has 4 rings (SSSR count). The van der Waals surface area contributed by atoms with Crippen LogP contribution in [0.3, 0.4) is 0 Å². The number of hydrogen-bond donors (Lipinski definition) is 2. The van der Waals surface area contributed by atoms with Gasteiger partial charge in [0.15, 0.2) is 5.82 Å². The van der Waals surface area contributed by atoms with Crippen molar-refractivity contribution in [2.24, 2.45) is 0 Å². The minimum atomic E-state index is -4.79. The van der Waals surface area contributed by atoms with Crippen molar-refractivity contribution in [2.75, 3.05) is 29.3 Å². The van der Waals surface area contributed by atoms with Crippen LogP contribution >= 0.6 is 22.9 Å². The second kappa shape index (κ2) is 10.3. The average molecular weight is 525 g/mol. The monoisotopic (exact) mass is 524 g/mol. The summed E-state index contributed by atoms with van der Waals surface area (Å²) >= 11 is 7.28. The first kappa shape index (κ1) is 24.4. The number of halogens is 2. The number of carboxylic acid groups (broad SMARTS) is 1. The Morgan fingerprint density at radius 1 is 1.26 bits per heavy atom. The van der Waals surface area contributed by atoms with Crippen LogP contribution in [0.2, 0.25) is 5.02 Å². The number of rotatable bonds is 9. The molecule has 8 nitrogen and oxygen atoms in total. The van der Waals surface area contributed by atoms with Gasteiger partial charge in [0.1, 0.15) is 10.7 Å². The van der Waals surface area contributed by atoms with Crippen LogP contribution in [0.15, 0.2) is 52.2 Å². The molecule has 1 aromatic heterocycles. The van der Waals surface area contributed by atoms with Crippen molar-refractivity contribution in [1.82, 2.24) is 9.88 Å². The Hall–Kier alpha value is -2.73. The number of aromatic nitrogens is 1. The van der Waals surface area contributed by atoms with E-state index in [0.717, 1.165) is 60.7 Å². The van der Waals surface area contributed by atoms with E-state index in [1.54, 1.807) is 0 Å². The van der Waals surface area contributed by atoms with Crippen molar-refractivity contribution in [3.63, 3.8) is 0 Å². The Morgan fingerprint density at radius 3 is 2.62 bits per heavy atom. The van der Waals surface area contributed by atoms with Crippen LogP contribution in [-0.4, -0.2) is 49.1 Å². The molecule has 0 bridgehead atoms. The number of anilines is 2. The van der Waals surface area contributed by atoms with Crippen molar-refractivity contribution >= 4 is 50.6 Å². The van der Waals surface area contributed by atoms with Gasteiger partial charge in [-0.1, -0.05) is 35.9 Å². The molecule has 1 fully saturated rings. The number of likely N-dealkylation sites (tertiary alicyclic amines) is 1. The van der Waals surface area contributed by atoms with Crippen LogP contribution in [0.4, 0.5) is 20.7 Å². The van der Waals surface area contributed by atoms with Crippen LogP contribution < -0.4 is 9.62 Å². The molecule has 2 heterocycles. The van der Waals surface area contributed by atoms with Gasteiger partial charge in [-0.05, 0) is 49.2 Å². The summed E-state index contributed by atoms with van der Waals surface area (Å²) in [6.07, 6.45) is 0.310. The predicted molar refractivity (Wildman–Crippen MR) is 130 cm³/mol. The Balaban J connectivity index is 1.54. The first-order valence-electron chi connectivity index (χ1n) is 10.5. The molecule has 34 heavy (non-hydrogen) atoms. The van der Waals surface area contributed by atoms with Crippen molar-refractivity contribution < 1.29 is 22.7 Å². The standard InChI is InChI=1S/C22H22ClFN4O4S2/c23-17-10-20(34(31,32)28(22(29)30)21-13-33-14-26-21)18(24)11-19(17)25-12-16-5-2-1-4-15(16)6-9-27-7-3-8-27/h1-2,4-5,10-11,13-14,25H,3,6-9,12H2,(H,29,30). The first-order valence-corrected chi connectivity index (χ1v) is 13.2. The Kier molecular flexibility index (Phi) is 7.36. The number of carbonyl (C=O) groups is 1. The number of benzene rings is 2. The molecule has 0 spiro atoms. The Morgan fingerprint density at radius 2 is 2.00 bits per heavy atom. The first-order chi connectivity index (χ1) is 16.3. The largest absolute Gasteiger partial charge is 0.464 e. The van der Waals surface area contributed by atoms with Crippen LogP contribution in [-0.2, 0) is 23.0 Å². The van der Waals surface area contributed by atoms with E-state index in [1.807, 2.05) is 24.3 Å². The van der Waals surface area contributed by atoms with Gasteiger partial charge >= 0.3 is 6.09 Å². The van der Waals surface area contributed by atoms with Crippen molar-refractivity contribution in [3.8, 4) is 0 Å². The predicted octanol–water partition coefficient (Wildman–Crippen LogP) is 4.67. The normalized spacial score (nSPS) is 13.9. The van der Waals surface area contributed by atoms with Gasteiger partial charge in [0.2, 0.25) is 0 Å².